The molecule has 0 spiro atoms. The molecular weight excluding hydrogens is 814 g/mol. The van der Waals surface area contributed by atoms with E-state index in [4.69, 9.17) is 0 Å². The molecule has 1 fully saturated rings. The Bertz CT molecular complexity index is 2130. The van der Waals surface area contributed by atoms with Gasteiger partial charge in [0.05, 0.1) is 23.3 Å². The summed E-state index contributed by atoms with van der Waals surface area (Å²) in [6, 6.07) is 17.0. The van der Waals surface area contributed by atoms with Gasteiger partial charge in [-0.05, 0) is 93.8 Å². The second-order valence-electron chi connectivity index (χ2n) is 17.0. The van der Waals surface area contributed by atoms with Gasteiger partial charge in [0, 0.05) is 49.2 Å². The number of nitrogens with one attached hydrogen (secondary N) is 4. The number of piperazine rings is 1. The smallest absolute Gasteiger partial charge is 0.416 e. The Kier molecular flexibility index (Phi) is 17.5. The van der Waals surface area contributed by atoms with Crippen LogP contribution in [0, 0.1) is 19.8 Å². The van der Waals surface area contributed by atoms with Crippen LogP contribution in [0.25, 0.3) is 10.8 Å². The fraction of sp³-hybridized carbons (Fsp3) is 0.511. The monoisotopic (exact) mass is 876 g/mol. The standard InChI is InChI=1S/C47H63F3N8O5/c1-30(2)27-41(53-45(61)42(59)40(54-46(62)63)28-34-15-10-9-11-16-34)44(60)51-21-12-7-6-8-13-22-57-23-25-58(26-24-57)35-19-20-37-33(5)55-56-43(38(37)29-35)52-32(4)36-17-14-18-39(31(36)3)47(48,49)50/h9-11,14-20,29-30,32,40-42,54,59H,6-8,12-13,21-28H2,1-5H3,(H,51,60)(H,52,56)(H,53,61)(H,62,63)/t32-,40-,41+,42+/m1/s1. The minimum Gasteiger partial charge on any atom is -0.465 e. The number of carboxylic acid groups (broad SMARTS) is 1. The summed E-state index contributed by atoms with van der Waals surface area (Å²) in [6.45, 7) is 14.1. The molecule has 1 saturated heterocycles. The summed E-state index contributed by atoms with van der Waals surface area (Å²) in [7, 11) is 0. The van der Waals surface area contributed by atoms with Crippen molar-refractivity contribution in [1.82, 2.24) is 31.0 Å². The van der Waals surface area contributed by atoms with Crippen molar-refractivity contribution in [1.29, 1.82) is 0 Å². The van der Waals surface area contributed by atoms with Crippen molar-refractivity contribution in [3.8, 4) is 0 Å². The molecule has 16 heteroatoms. The number of anilines is 2. The van der Waals surface area contributed by atoms with E-state index < -0.39 is 48.0 Å². The fourth-order valence-corrected chi connectivity index (χ4v) is 8.26. The number of alkyl halides is 3. The highest BCUT2D eigenvalue weighted by atomic mass is 19.4. The Balaban J connectivity index is 1.03. The molecule has 1 aliphatic rings. The second-order valence-corrected chi connectivity index (χ2v) is 17.0. The van der Waals surface area contributed by atoms with Crippen LogP contribution in [0.4, 0.5) is 29.5 Å². The highest BCUT2D eigenvalue weighted by Crippen LogP contribution is 2.36. The van der Waals surface area contributed by atoms with E-state index in [9.17, 15) is 37.8 Å². The number of hydrogen-bond donors (Lipinski definition) is 6. The Morgan fingerprint density at radius 3 is 2.19 bits per heavy atom. The van der Waals surface area contributed by atoms with Gasteiger partial charge < -0.3 is 36.4 Å². The molecule has 0 unspecified atom stereocenters. The zero-order chi connectivity index (χ0) is 45.7. The maximum Gasteiger partial charge on any atom is 0.416 e. The van der Waals surface area contributed by atoms with Crippen molar-refractivity contribution < 1.29 is 37.8 Å². The second kappa shape index (κ2) is 22.7. The molecule has 6 N–H and O–H groups in total. The third-order valence-corrected chi connectivity index (χ3v) is 11.7. The maximum atomic E-state index is 13.6. The van der Waals surface area contributed by atoms with Gasteiger partial charge in [0.15, 0.2) is 11.9 Å². The number of unbranched alkanes of at least 4 members (excludes halogenated alkanes) is 4. The minimum absolute atomic E-state index is 0.0810. The Morgan fingerprint density at radius 2 is 1.51 bits per heavy atom. The average molecular weight is 877 g/mol. The van der Waals surface area contributed by atoms with Crippen LogP contribution in [-0.2, 0) is 22.2 Å². The number of carbonyl (C=O) groups excluding carboxylic acids is 2. The number of hydrogen-bond acceptors (Lipinski definition) is 9. The number of fused-ring (bicyclic) bond motifs is 1. The molecule has 3 amide bonds. The number of benzene rings is 3. The third-order valence-electron chi connectivity index (χ3n) is 11.7. The van der Waals surface area contributed by atoms with Crippen molar-refractivity contribution in [3.63, 3.8) is 0 Å². The molecule has 63 heavy (non-hydrogen) atoms. The lowest BCUT2D eigenvalue weighted by Gasteiger charge is -2.36. The Hall–Kier alpha value is -5.48. The van der Waals surface area contributed by atoms with E-state index in [0.717, 1.165) is 98.6 Å². The van der Waals surface area contributed by atoms with E-state index in [1.165, 1.54) is 13.0 Å². The third kappa shape index (κ3) is 14.0. The van der Waals surface area contributed by atoms with Crippen LogP contribution in [0.15, 0.2) is 66.7 Å². The van der Waals surface area contributed by atoms with Crippen molar-refractivity contribution >= 4 is 40.2 Å². The van der Waals surface area contributed by atoms with Crippen LogP contribution in [0.1, 0.15) is 93.3 Å². The number of amides is 3. The lowest BCUT2D eigenvalue weighted by molar-refractivity contribution is -0.138. The van der Waals surface area contributed by atoms with Crippen molar-refractivity contribution in [2.24, 2.45) is 5.92 Å². The molecule has 1 aliphatic heterocycles. The summed E-state index contributed by atoms with van der Waals surface area (Å²) in [5, 5.41) is 41.9. The normalized spacial score (nSPS) is 15.4. The van der Waals surface area contributed by atoms with Gasteiger partial charge in [-0.2, -0.15) is 18.3 Å². The van der Waals surface area contributed by atoms with Gasteiger partial charge in [-0.3, -0.25) is 14.5 Å². The van der Waals surface area contributed by atoms with Crippen LogP contribution in [-0.4, -0.2) is 101 Å². The first kappa shape index (κ1) is 48.6. The van der Waals surface area contributed by atoms with Gasteiger partial charge in [0.1, 0.15) is 6.04 Å². The lowest BCUT2D eigenvalue weighted by atomic mass is 9.97. The van der Waals surface area contributed by atoms with E-state index in [1.54, 1.807) is 30.3 Å². The van der Waals surface area contributed by atoms with Gasteiger partial charge >= 0.3 is 12.3 Å². The van der Waals surface area contributed by atoms with Crippen LogP contribution < -0.4 is 26.2 Å². The lowest BCUT2D eigenvalue weighted by Crippen LogP contribution is -2.56. The Labute approximate surface area is 368 Å². The van der Waals surface area contributed by atoms with E-state index >= 15 is 0 Å². The number of aliphatic hydroxyl groups is 1. The van der Waals surface area contributed by atoms with Crippen molar-refractivity contribution in [3.05, 3.63) is 94.7 Å². The van der Waals surface area contributed by atoms with E-state index in [1.807, 2.05) is 39.8 Å². The quantitative estimate of drug-likeness (QED) is 0.0464. The predicted octanol–water partition coefficient (Wildman–Crippen LogP) is 7.40. The van der Waals surface area contributed by atoms with Crippen LogP contribution >= 0.6 is 0 Å². The molecule has 0 saturated carbocycles. The van der Waals surface area contributed by atoms with Gasteiger partial charge in [0.2, 0.25) is 5.91 Å². The number of nitrogens with zero attached hydrogens (tertiary/aromatic N) is 4. The topological polar surface area (TPSA) is 172 Å². The summed E-state index contributed by atoms with van der Waals surface area (Å²) in [4.78, 5) is 42.5. The molecule has 0 aliphatic carbocycles. The Morgan fingerprint density at radius 1 is 0.810 bits per heavy atom. The molecule has 5 rings (SSSR count). The van der Waals surface area contributed by atoms with E-state index in [-0.39, 0.29) is 23.8 Å². The van der Waals surface area contributed by atoms with Crippen LogP contribution in [0.5, 0.6) is 0 Å². The number of halogens is 3. The maximum absolute atomic E-state index is 13.6. The molecule has 342 valence electrons. The number of aryl methyl sites for hydroxylation is 1. The van der Waals surface area contributed by atoms with Gasteiger partial charge in [0.25, 0.3) is 5.91 Å². The summed E-state index contributed by atoms with van der Waals surface area (Å²) in [5.74, 6) is -0.537. The molecular formula is C47H63F3N8O5. The van der Waals surface area contributed by atoms with E-state index in [0.29, 0.717) is 24.3 Å². The first-order valence-corrected chi connectivity index (χ1v) is 22.0. The molecule has 1 aromatic heterocycles. The largest absolute Gasteiger partial charge is 0.465 e. The highest BCUT2D eigenvalue weighted by Gasteiger charge is 2.34. The van der Waals surface area contributed by atoms with Crippen LogP contribution in [0.3, 0.4) is 0 Å². The molecule has 2 heterocycles. The molecule has 3 aromatic carbocycles. The van der Waals surface area contributed by atoms with Gasteiger partial charge in [-0.25, -0.2) is 4.79 Å². The zero-order valence-electron chi connectivity index (χ0n) is 37.0. The fourth-order valence-electron chi connectivity index (χ4n) is 8.26. The van der Waals surface area contributed by atoms with Gasteiger partial charge in [-0.1, -0.05) is 81.6 Å². The number of aromatic nitrogens is 2. The first-order chi connectivity index (χ1) is 30.0. The van der Waals surface area contributed by atoms with Crippen molar-refractivity contribution in [2.45, 2.75) is 110 Å². The minimum atomic E-state index is -4.43. The summed E-state index contributed by atoms with van der Waals surface area (Å²) in [5.41, 5.74) is 2.68. The van der Waals surface area contributed by atoms with Gasteiger partial charge in [-0.15, -0.1) is 5.10 Å². The first-order valence-electron chi connectivity index (χ1n) is 22.0. The molecule has 0 radical (unpaired) electrons. The molecule has 4 aromatic rings. The van der Waals surface area contributed by atoms with E-state index in [2.05, 4.69) is 53.4 Å². The average Bonchev–Trinajstić information content (AvgIpc) is 3.24. The van der Waals surface area contributed by atoms with Crippen molar-refractivity contribution in [2.75, 3.05) is 49.5 Å². The summed E-state index contributed by atoms with van der Waals surface area (Å²) < 4.78 is 40.9. The summed E-state index contributed by atoms with van der Waals surface area (Å²) in [6.07, 6.45) is -2.16. The van der Waals surface area contributed by atoms with Crippen LogP contribution in [0.2, 0.25) is 0 Å². The number of aliphatic hydroxyl groups excluding tert-OH is 1. The number of carbonyl (C=O) groups is 3. The molecule has 4 atom stereocenters. The molecule has 13 nitrogen and oxygen atoms in total. The predicted molar refractivity (Wildman–Crippen MR) is 240 cm³/mol. The number of rotatable bonds is 21. The molecule has 0 bridgehead atoms. The summed E-state index contributed by atoms with van der Waals surface area (Å²) >= 11 is 0. The SMILES string of the molecule is Cc1c([C@@H](C)Nc2nnc(C)c3ccc(N4CCN(CCCCCCCNC(=O)[C@H](CC(C)C)NC(=O)[C@@H](O)[C@@H](Cc5ccccc5)NC(=O)O)CC4)cc23)cccc1C(F)(F)F. The highest BCUT2D eigenvalue weighted by molar-refractivity contribution is 5.95. The zero-order valence-corrected chi connectivity index (χ0v) is 37.0.